The fraction of sp³-hybridized carbons (Fsp3) is 0.259. The number of hydrogen-bond donors (Lipinski definition) is 4. The van der Waals surface area contributed by atoms with E-state index < -0.39 is 11.7 Å². The number of nitrogens with two attached hydrogens (primary N) is 1. The van der Waals surface area contributed by atoms with E-state index in [0.717, 1.165) is 52.6 Å². The van der Waals surface area contributed by atoms with Crippen molar-refractivity contribution in [3.8, 4) is 17.4 Å². The molecule has 5 rings (SSSR count). The summed E-state index contributed by atoms with van der Waals surface area (Å²) in [6, 6.07) is 13.1. The Hall–Kier alpha value is -5.00. The van der Waals surface area contributed by atoms with Gasteiger partial charge in [-0.3, -0.25) is 15.2 Å². The van der Waals surface area contributed by atoms with E-state index in [-0.39, 0.29) is 17.7 Å². The third-order valence-electron chi connectivity index (χ3n) is 6.05. The van der Waals surface area contributed by atoms with Crippen molar-refractivity contribution in [2.45, 2.75) is 32.1 Å². The quantitative estimate of drug-likeness (QED) is 0.205. The van der Waals surface area contributed by atoms with Gasteiger partial charge in [0.1, 0.15) is 23.2 Å². The number of H-pyrrole nitrogens is 1. The van der Waals surface area contributed by atoms with Gasteiger partial charge in [0.25, 0.3) is 11.9 Å². The highest BCUT2D eigenvalue weighted by Gasteiger charge is 2.25. The molecule has 1 atom stereocenters. The van der Waals surface area contributed by atoms with Crippen LogP contribution in [-0.4, -0.2) is 55.4 Å². The summed E-state index contributed by atoms with van der Waals surface area (Å²) in [5.41, 5.74) is 8.76. The van der Waals surface area contributed by atoms with Crippen molar-refractivity contribution in [3.63, 3.8) is 0 Å². The summed E-state index contributed by atoms with van der Waals surface area (Å²) in [5, 5.41) is 19.6. The molecule has 39 heavy (non-hydrogen) atoms. The Morgan fingerprint density at radius 2 is 1.95 bits per heavy atom. The van der Waals surface area contributed by atoms with E-state index in [9.17, 15) is 4.79 Å². The fourth-order valence-corrected chi connectivity index (χ4v) is 4.29. The first-order chi connectivity index (χ1) is 18.8. The van der Waals surface area contributed by atoms with Crippen LogP contribution in [0, 0.1) is 5.41 Å². The minimum atomic E-state index is -0.833. The van der Waals surface area contributed by atoms with Crippen LogP contribution in [-0.2, 0) is 17.6 Å². The molecule has 0 radical (unpaired) electrons. The second kappa shape index (κ2) is 12.0. The minimum absolute atomic E-state index is 0.00982. The Morgan fingerprint density at radius 1 is 1.26 bits per heavy atom. The van der Waals surface area contributed by atoms with Gasteiger partial charge in [0.2, 0.25) is 0 Å². The molecule has 0 bridgehead atoms. The molecule has 1 unspecified atom stereocenters. The molecule has 0 saturated heterocycles. The Kier molecular flexibility index (Phi) is 8.34. The van der Waals surface area contributed by atoms with Crippen molar-refractivity contribution in [1.82, 2.24) is 24.7 Å². The topological polar surface area (TPSA) is 182 Å². The molecule has 0 aliphatic carbocycles. The summed E-state index contributed by atoms with van der Waals surface area (Å²) in [5.74, 6) is 1.06. The molecule has 202 valence electrons. The van der Waals surface area contributed by atoms with Gasteiger partial charge in [0, 0.05) is 36.4 Å². The van der Waals surface area contributed by atoms with E-state index in [1.165, 1.54) is 0 Å². The first-order valence-electron chi connectivity index (χ1n) is 12.2. The number of rotatable bonds is 7. The fourth-order valence-electron chi connectivity index (χ4n) is 4.29. The molecule has 0 fully saturated rings. The minimum Gasteiger partial charge on any atom is -0.496 e. The number of nitrogen functional groups attached to an aromatic ring is 1. The lowest BCUT2D eigenvalue weighted by molar-refractivity contribution is -0.134. The molecule has 12 heteroatoms. The lowest BCUT2D eigenvalue weighted by atomic mass is 9.89. The molecule has 12 nitrogen and oxygen atoms in total. The number of nitrogens with one attached hydrogen (secondary N) is 2. The van der Waals surface area contributed by atoms with Crippen molar-refractivity contribution < 1.29 is 19.4 Å². The van der Waals surface area contributed by atoms with Crippen LogP contribution in [0.2, 0.25) is 0 Å². The third-order valence-corrected chi connectivity index (χ3v) is 6.05. The second-order valence-electron chi connectivity index (χ2n) is 8.81. The van der Waals surface area contributed by atoms with E-state index in [2.05, 4.69) is 20.1 Å². The van der Waals surface area contributed by atoms with Crippen molar-refractivity contribution in [2.24, 2.45) is 5.73 Å². The highest BCUT2D eigenvalue weighted by molar-refractivity contribution is 5.94. The van der Waals surface area contributed by atoms with Crippen LogP contribution in [0.1, 0.15) is 47.3 Å². The number of nitrogens with zero attached hydrogens (tertiary/aromatic N) is 4. The van der Waals surface area contributed by atoms with Gasteiger partial charge >= 0.3 is 5.69 Å². The van der Waals surface area contributed by atoms with Gasteiger partial charge in [-0.05, 0) is 48.6 Å². The molecule has 1 aliphatic heterocycles. The van der Waals surface area contributed by atoms with E-state index in [0.29, 0.717) is 24.4 Å². The van der Waals surface area contributed by atoms with E-state index in [4.69, 9.17) is 30.5 Å². The number of methoxy groups -OCH3 is 1. The molecule has 2 aromatic carbocycles. The lowest BCUT2D eigenvalue weighted by Gasteiger charge is -2.23. The zero-order valence-electron chi connectivity index (χ0n) is 21.5. The number of aromatic amines is 1. The molecular weight excluding hydrogens is 502 g/mol. The monoisotopic (exact) mass is 531 g/mol. The highest BCUT2D eigenvalue weighted by atomic mass is 16.5. The van der Waals surface area contributed by atoms with Crippen LogP contribution in [0.15, 0.2) is 59.7 Å². The maximum absolute atomic E-state index is 12.8. The number of carboxylic acids is 1. The van der Waals surface area contributed by atoms with E-state index in [1.54, 1.807) is 25.6 Å². The van der Waals surface area contributed by atoms with Crippen molar-refractivity contribution in [2.75, 3.05) is 13.7 Å². The maximum atomic E-state index is 12.8. The number of amidine groups is 1. The lowest BCUT2D eigenvalue weighted by Crippen LogP contribution is -2.18. The number of ether oxygens (including phenoxy) is 2. The van der Waals surface area contributed by atoms with Crippen molar-refractivity contribution in [1.29, 1.82) is 5.41 Å². The van der Waals surface area contributed by atoms with E-state index >= 15 is 0 Å². The summed E-state index contributed by atoms with van der Waals surface area (Å²) in [6.07, 6.45) is 5.46. The molecule has 0 saturated carbocycles. The summed E-state index contributed by atoms with van der Waals surface area (Å²) in [4.78, 5) is 33.0. The predicted molar refractivity (Wildman–Crippen MR) is 143 cm³/mol. The van der Waals surface area contributed by atoms with Gasteiger partial charge in [-0.25, -0.2) is 14.8 Å². The molecule has 1 aliphatic rings. The number of aliphatic carboxylic acids is 1. The van der Waals surface area contributed by atoms with Crippen LogP contribution in [0.3, 0.4) is 0 Å². The number of fused-ring (bicyclic) bond motifs is 1. The first-order valence-corrected chi connectivity index (χ1v) is 12.2. The molecule has 0 amide bonds. The number of carboxylic acid groups (broad SMARTS) is 1. The Balaban J connectivity index is 0.000000826. The number of aromatic nitrogens is 5. The normalized spacial score (nSPS) is 12.8. The van der Waals surface area contributed by atoms with Crippen LogP contribution >= 0.6 is 0 Å². The van der Waals surface area contributed by atoms with Gasteiger partial charge in [0.15, 0.2) is 0 Å². The summed E-state index contributed by atoms with van der Waals surface area (Å²) < 4.78 is 12.8. The zero-order chi connectivity index (χ0) is 27.9. The van der Waals surface area contributed by atoms with Gasteiger partial charge in [-0.1, -0.05) is 24.3 Å². The molecule has 2 aromatic heterocycles. The van der Waals surface area contributed by atoms with Gasteiger partial charge < -0.3 is 20.3 Å². The van der Waals surface area contributed by atoms with Crippen LogP contribution < -0.4 is 20.9 Å². The van der Waals surface area contributed by atoms with Gasteiger partial charge in [-0.15, -0.1) is 9.78 Å². The third kappa shape index (κ3) is 6.47. The Morgan fingerprint density at radius 3 is 2.59 bits per heavy atom. The van der Waals surface area contributed by atoms with Gasteiger partial charge in [0.05, 0.1) is 13.7 Å². The molecule has 5 N–H and O–H groups in total. The van der Waals surface area contributed by atoms with Crippen LogP contribution in [0.4, 0.5) is 0 Å². The van der Waals surface area contributed by atoms with Crippen molar-refractivity contribution in [3.05, 3.63) is 93.4 Å². The average Bonchev–Trinajstić information content (AvgIpc) is 3.32. The second-order valence-corrected chi connectivity index (χ2v) is 8.81. The molecular formula is C27H29N7O5. The smallest absolute Gasteiger partial charge is 0.350 e. The largest absolute Gasteiger partial charge is 0.496 e. The predicted octanol–water partition coefficient (Wildman–Crippen LogP) is 2.43. The van der Waals surface area contributed by atoms with Crippen LogP contribution in [0.5, 0.6) is 11.5 Å². The highest BCUT2D eigenvalue weighted by Crippen LogP contribution is 2.38. The first kappa shape index (κ1) is 27.0. The zero-order valence-corrected chi connectivity index (χ0v) is 21.5. The maximum Gasteiger partial charge on any atom is 0.350 e. The number of carbonyl (C=O) groups is 1. The number of benzene rings is 2. The SMILES string of the molecule is CC(=O)O.COc1cc(C(Cc2ccc(C(=N)N)cc2)c2nn(-c3ncccn3)c(=O)[nH]2)cc2c1CCCO2. The van der Waals surface area contributed by atoms with E-state index in [1.807, 2.05) is 36.4 Å². The summed E-state index contributed by atoms with van der Waals surface area (Å²) in [6.45, 7) is 1.73. The van der Waals surface area contributed by atoms with Gasteiger partial charge in [-0.2, -0.15) is 0 Å². The standard InChI is InChI=1S/C25H25N7O3.C2H4O2/c1-34-20-13-17(14-21-18(20)4-2-11-35-21)19(12-15-5-7-16(8-6-15)22(26)27)23-30-25(33)32(31-23)24-28-9-3-10-29-24;1-2(3)4/h3,5-10,13-14,19H,2,4,11-12H2,1H3,(H3,26,27)(H,30,31,33);1H3,(H,3,4). The van der Waals surface area contributed by atoms with Crippen LogP contribution in [0.25, 0.3) is 5.95 Å². The van der Waals surface area contributed by atoms with Crippen molar-refractivity contribution >= 4 is 11.8 Å². The molecule has 0 spiro atoms. The summed E-state index contributed by atoms with van der Waals surface area (Å²) in [7, 11) is 1.65. The molecule has 4 aromatic rings. The number of hydrogen-bond acceptors (Lipinski definition) is 8. The Labute approximate surface area is 224 Å². The molecule has 3 heterocycles. The summed E-state index contributed by atoms with van der Waals surface area (Å²) >= 11 is 0. The Bertz CT molecular complexity index is 1490. The average molecular weight is 532 g/mol.